The lowest BCUT2D eigenvalue weighted by molar-refractivity contribution is -0.128. The Morgan fingerprint density at radius 2 is 1.86 bits per heavy atom. The summed E-state index contributed by atoms with van der Waals surface area (Å²) in [6.07, 6.45) is 3.19. The molecule has 0 spiro atoms. The van der Waals surface area contributed by atoms with Crippen LogP contribution in [0.1, 0.15) is 30.9 Å². The maximum atomic E-state index is 11.9. The third kappa shape index (κ3) is 4.57. The average molecular weight is 345 g/mol. The van der Waals surface area contributed by atoms with E-state index in [9.17, 15) is 4.79 Å². The average Bonchev–Trinajstić information content (AvgIpc) is 2.48. The molecule has 0 heterocycles. The van der Waals surface area contributed by atoms with Gasteiger partial charge in [0.2, 0.25) is 0 Å². The highest BCUT2D eigenvalue weighted by Gasteiger charge is 2.11. The molecule has 0 saturated heterocycles. The van der Waals surface area contributed by atoms with Crippen molar-refractivity contribution in [3.05, 3.63) is 70.2 Å². The second kappa shape index (κ2) is 7.23. The molecule has 0 N–H and O–H groups in total. The highest BCUT2D eigenvalue weighted by molar-refractivity contribution is 9.10. The number of halogens is 1. The highest BCUT2D eigenvalue weighted by Crippen LogP contribution is 2.29. The number of rotatable bonds is 4. The molecule has 0 aromatic heterocycles. The van der Waals surface area contributed by atoms with Gasteiger partial charge in [-0.25, -0.2) is 4.79 Å². The molecular formula is C18H17BrO2. The molecule has 2 nitrogen and oxygen atoms in total. The summed E-state index contributed by atoms with van der Waals surface area (Å²) >= 11 is 3.44. The number of benzene rings is 2. The van der Waals surface area contributed by atoms with E-state index in [1.807, 2.05) is 48.5 Å². The van der Waals surface area contributed by atoms with E-state index in [2.05, 4.69) is 29.8 Å². The smallest absolute Gasteiger partial charge is 0.336 e. The number of hydrogen-bond acceptors (Lipinski definition) is 2. The summed E-state index contributed by atoms with van der Waals surface area (Å²) in [5.74, 6) is 0.516. The quantitative estimate of drug-likeness (QED) is 0.433. The molecule has 3 heteroatoms. The van der Waals surface area contributed by atoms with Crippen LogP contribution in [-0.4, -0.2) is 5.97 Å². The SMILES string of the molecule is CC(C)c1cc(Br)ccc1OC(=O)/C=C/c1ccccc1. The molecule has 0 radical (unpaired) electrons. The first-order chi connectivity index (χ1) is 10.1. The van der Waals surface area contributed by atoms with E-state index in [-0.39, 0.29) is 11.9 Å². The summed E-state index contributed by atoms with van der Waals surface area (Å²) in [6.45, 7) is 4.14. The van der Waals surface area contributed by atoms with Crippen molar-refractivity contribution in [1.29, 1.82) is 0 Å². The van der Waals surface area contributed by atoms with Crippen molar-refractivity contribution in [1.82, 2.24) is 0 Å². The van der Waals surface area contributed by atoms with E-state index in [1.165, 1.54) is 6.08 Å². The summed E-state index contributed by atoms with van der Waals surface area (Å²) in [5.41, 5.74) is 1.97. The Morgan fingerprint density at radius 3 is 2.52 bits per heavy atom. The molecule has 0 atom stereocenters. The number of hydrogen-bond donors (Lipinski definition) is 0. The van der Waals surface area contributed by atoms with Crippen molar-refractivity contribution in [2.75, 3.05) is 0 Å². The molecule has 0 fully saturated rings. The first kappa shape index (κ1) is 15.5. The molecule has 21 heavy (non-hydrogen) atoms. The van der Waals surface area contributed by atoms with Gasteiger partial charge in [-0.1, -0.05) is 60.1 Å². The Labute approximate surface area is 133 Å². The van der Waals surface area contributed by atoms with Crippen LogP contribution in [0.2, 0.25) is 0 Å². The van der Waals surface area contributed by atoms with Gasteiger partial charge in [0.1, 0.15) is 5.75 Å². The van der Waals surface area contributed by atoms with Crippen molar-refractivity contribution in [3.8, 4) is 5.75 Å². The third-order valence-corrected chi connectivity index (χ3v) is 3.51. The minimum atomic E-state index is -0.372. The van der Waals surface area contributed by atoms with Crippen molar-refractivity contribution in [3.63, 3.8) is 0 Å². The zero-order chi connectivity index (χ0) is 15.2. The summed E-state index contributed by atoms with van der Waals surface area (Å²) in [5, 5.41) is 0. The Hall–Kier alpha value is -1.87. The van der Waals surface area contributed by atoms with E-state index in [0.29, 0.717) is 5.75 Å². The van der Waals surface area contributed by atoms with Crippen LogP contribution in [0.25, 0.3) is 6.08 Å². The van der Waals surface area contributed by atoms with Gasteiger partial charge in [0.15, 0.2) is 0 Å². The largest absolute Gasteiger partial charge is 0.423 e. The zero-order valence-corrected chi connectivity index (χ0v) is 13.6. The molecule has 0 aliphatic carbocycles. The number of esters is 1. The fourth-order valence-electron chi connectivity index (χ4n) is 1.93. The molecule has 0 amide bonds. The standard InChI is InChI=1S/C18H17BrO2/c1-13(2)16-12-15(19)9-10-17(16)21-18(20)11-8-14-6-4-3-5-7-14/h3-13H,1-2H3/b11-8+. The van der Waals surface area contributed by atoms with Gasteiger partial charge < -0.3 is 4.74 Å². The molecule has 0 unspecified atom stereocenters. The highest BCUT2D eigenvalue weighted by atomic mass is 79.9. The lowest BCUT2D eigenvalue weighted by atomic mass is 10.0. The second-order valence-corrected chi connectivity index (χ2v) is 5.92. The van der Waals surface area contributed by atoms with Gasteiger partial charge in [0.05, 0.1) is 0 Å². The minimum absolute atomic E-state index is 0.281. The van der Waals surface area contributed by atoms with Crippen molar-refractivity contribution in [2.45, 2.75) is 19.8 Å². The summed E-state index contributed by atoms with van der Waals surface area (Å²) in [7, 11) is 0. The van der Waals surface area contributed by atoms with Gasteiger partial charge in [0, 0.05) is 10.5 Å². The predicted octanol–water partition coefficient (Wildman–Crippen LogP) is 5.19. The molecule has 0 aliphatic rings. The van der Waals surface area contributed by atoms with Crippen LogP contribution < -0.4 is 4.74 Å². The summed E-state index contributed by atoms with van der Waals surface area (Å²) < 4.78 is 6.41. The van der Waals surface area contributed by atoms with Gasteiger partial charge in [0.25, 0.3) is 0 Å². The maximum Gasteiger partial charge on any atom is 0.336 e. The van der Waals surface area contributed by atoms with Crippen LogP contribution in [0.4, 0.5) is 0 Å². The van der Waals surface area contributed by atoms with Crippen LogP contribution >= 0.6 is 15.9 Å². The lowest BCUT2D eigenvalue weighted by Gasteiger charge is -2.12. The number of ether oxygens (including phenoxy) is 1. The zero-order valence-electron chi connectivity index (χ0n) is 12.0. The van der Waals surface area contributed by atoms with Gasteiger partial charge >= 0.3 is 5.97 Å². The van der Waals surface area contributed by atoms with Crippen LogP contribution in [-0.2, 0) is 4.79 Å². The van der Waals surface area contributed by atoms with Crippen LogP contribution in [0.3, 0.4) is 0 Å². The maximum absolute atomic E-state index is 11.9. The number of carbonyl (C=O) groups is 1. The fourth-order valence-corrected chi connectivity index (χ4v) is 2.31. The molecular weight excluding hydrogens is 328 g/mol. The molecule has 2 rings (SSSR count). The molecule has 108 valence electrons. The number of carbonyl (C=O) groups excluding carboxylic acids is 1. The third-order valence-electron chi connectivity index (χ3n) is 3.02. The van der Waals surface area contributed by atoms with Gasteiger partial charge in [-0.2, -0.15) is 0 Å². The predicted molar refractivity (Wildman–Crippen MR) is 89.3 cm³/mol. The van der Waals surface area contributed by atoms with Crippen molar-refractivity contribution < 1.29 is 9.53 Å². The van der Waals surface area contributed by atoms with Crippen LogP contribution in [0.15, 0.2) is 59.1 Å². The second-order valence-electron chi connectivity index (χ2n) is 5.00. The normalized spacial score (nSPS) is 11.0. The molecule has 2 aromatic carbocycles. The van der Waals surface area contributed by atoms with E-state index in [0.717, 1.165) is 15.6 Å². The summed E-state index contributed by atoms with van der Waals surface area (Å²) in [4.78, 5) is 11.9. The van der Waals surface area contributed by atoms with Gasteiger partial charge in [-0.3, -0.25) is 0 Å². The topological polar surface area (TPSA) is 26.3 Å². The van der Waals surface area contributed by atoms with E-state index in [1.54, 1.807) is 6.08 Å². The monoisotopic (exact) mass is 344 g/mol. The van der Waals surface area contributed by atoms with Gasteiger partial charge in [-0.15, -0.1) is 0 Å². The summed E-state index contributed by atoms with van der Waals surface area (Å²) in [6, 6.07) is 15.3. The Kier molecular flexibility index (Phi) is 5.34. The van der Waals surface area contributed by atoms with Crippen LogP contribution in [0.5, 0.6) is 5.75 Å². The van der Waals surface area contributed by atoms with E-state index < -0.39 is 0 Å². The first-order valence-electron chi connectivity index (χ1n) is 6.80. The minimum Gasteiger partial charge on any atom is -0.423 e. The Balaban J connectivity index is 2.11. The molecule has 0 saturated carbocycles. The molecule has 0 bridgehead atoms. The van der Waals surface area contributed by atoms with Crippen molar-refractivity contribution >= 4 is 28.0 Å². The Morgan fingerprint density at radius 1 is 1.14 bits per heavy atom. The van der Waals surface area contributed by atoms with E-state index >= 15 is 0 Å². The molecule has 0 aliphatic heterocycles. The fraction of sp³-hybridized carbons (Fsp3) is 0.167. The van der Waals surface area contributed by atoms with Crippen molar-refractivity contribution in [2.24, 2.45) is 0 Å². The van der Waals surface area contributed by atoms with Crippen LogP contribution in [0, 0.1) is 0 Å². The Bertz CT molecular complexity index is 646. The molecule has 2 aromatic rings. The van der Waals surface area contributed by atoms with Gasteiger partial charge in [-0.05, 0) is 41.3 Å². The van der Waals surface area contributed by atoms with E-state index in [4.69, 9.17) is 4.74 Å². The lowest BCUT2D eigenvalue weighted by Crippen LogP contribution is -2.06. The first-order valence-corrected chi connectivity index (χ1v) is 7.60.